The molecule has 1 aromatic heterocycles. The number of hydrogen-bond acceptors (Lipinski definition) is 4. The Hall–Kier alpha value is -1.07. The molecule has 0 aliphatic heterocycles. The molecule has 0 saturated heterocycles. The Morgan fingerprint density at radius 2 is 2.05 bits per heavy atom. The third kappa shape index (κ3) is 5.51. The van der Waals surface area contributed by atoms with E-state index < -0.39 is 0 Å². The molecular weight excluding hydrogens is 278 g/mol. The van der Waals surface area contributed by atoms with Gasteiger partial charge in [-0.2, -0.15) is 5.10 Å². The van der Waals surface area contributed by atoms with Gasteiger partial charge in [0.2, 0.25) is 0 Å². The van der Waals surface area contributed by atoms with Crippen molar-refractivity contribution in [3.63, 3.8) is 0 Å². The average Bonchev–Trinajstić information content (AvgIpc) is 2.41. The highest BCUT2D eigenvalue weighted by atomic mass is 35.5. The van der Waals surface area contributed by atoms with Crippen LogP contribution in [0.1, 0.15) is 39.5 Å². The second-order valence-corrected chi connectivity index (χ2v) is 5.70. The molecule has 0 bridgehead atoms. The molecule has 0 aromatic carbocycles. The van der Waals surface area contributed by atoms with Gasteiger partial charge in [0.25, 0.3) is 5.56 Å². The van der Waals surface area contributed by atoms with Crippen molar-refractivity contribution in [3.8, 4) is 0 Å². The van der Waals surface area contributed by atoms with Gasteiger partial charge in [-0.05, 0) is 18.8 Å². The Kier molecular flexibility index (Phi) is 7.62. The summed E-state index contributed by atoms with van der Waals surface area (Å²) in [5.41, 5.74) is 0.351. The minimum absolute atomic E-state index is 0.205. The van der Waals surface area contributed by atoms with E-state index in [1.54, 1.807) is 6.20 Å². The zero-order valence-electron chi connectivity index (χ0n) is 12.2. The fourth-order valence-corrected chi connectivity index (χ4v) is 2.09. The molecule has 0 unspecified atom stereocenters. The average molecular weight is 302 g/mol. The monoisotopic (exact) mass is 301 g/mol. The van der Waals surface area contributed by atoms with E-state index >= 15 is 0 Å². The number of unbranched alkanes of at least 4 members (excludes halogenated alkanes) is 3. The number of nitrogens with one attached hydrogen (secondary N) is 1. The molecule has 0 fully saturated rings. The summed E-state index contributed by atoms with van der Waals surface area (Å²) in [6.45, 7) is 5.62. The Labute approximate surface area is 125 Å². The number of hydrogen-bond donors (Lipinski definition) is 2. The summed E-state index contributed by atoms with van der Waals surface area (Å²) in [4.78, 5) is 12.0. The molecule has 2 N–H and O–H groups in total. The van der Waals surface area contributed by atoms with E-state index in [4.69, 9.17) is 16.7 Å². The Morgan fingerprint density at radius 1 is 1.35 bits per heavy atom. The molecule has 114 valence electrons. The topological polar surface area (TPSA) is 67.2 Å². The quantitative estimate of drug-likeness (QED) is 0.688. The summed E-state index contributed by atoms with van der Waals surface area (Å²) < 4.78 is 1.40. The minimum Gasteiger partial charge on any atom is -0.396 e. The molecule has 0 aliphatic carbocycles. The fourth-order valence-electron chi connectivity index (χ4n) is 1.88. The first-order chi connectivity index (χ1) is 9.56. The summed E-state index contributed by atoms with van der Waals surface area (Å²) in [5, 5.41) is 16.2. The SMILES string of the molecule is CC(C)Cn1ncc(NCCCCCCO)c(Cl)c1=O. The lowest BCUT2D eigenvalue weighted by atomic mass is 10.2. The Bertz CT molecular complexity index is 460. The van der Waals surface area contributed by atoms with Crippen molar-refractivity contribution in [2.24, 2.45) is 5.92 Å². The lowest BCUT2D eigenvalue weighted by Gasteiger charge is -2.11. The van der Waals surface area contributed by atoms with E-state index in [-0.39, 0.29) is 17.2 Å². The van der Waals surface area contributed by atoms with Crippen LogP contribution < -0.4 is 10.9 Å². The highest BCUT2D eigenvalue weighted by Crippen LogP contribution is 2.15. The van der Waals surface area contributed by atoms with Gasteiger partial charge in [0.05, 0.1) is 11.9 Å². The third-order valence-corrected chi connectivity index (χ3v) is 3.29. The molecule has 5 nitrogen and oxygen atoms in total. The van der Waals surface area contributed by atoms with Gasteiger partial charge in [-0.25, -0.2) is 4.68 Å². The van der Waals surface area contributed by atoms with Gasteiger partial charge in [-0.3, -0.25) is 4.79 Å². The van der Waals surface area contributed by atoms with Gasteiger partial charge in [0.15, 0.2) is 0 Å². The number of halogens is 1. The molecule has 0 saturated carbocycles. The lowest BCUT2D eigenvalue weighted by Crippen LogP contribution is -2.26. The number of aliphatic hydroxyl groups is 1. The van der Waals surface area contributed by atoms with Crippen LogP contribution >= 0.6 is 11.6 Å². The van der Waals surface area contributed by atoms with Crippen LogP contribution in [0.3, 0.4) is 0 Å². The van der Waals surface area contributed by atoms with E-state index in [2.05, 4.69) is 10.4 Å². The predicted octanol–water partition coefficient (Wildman–Crippen LogP) is 2.52. The zero-order chi connectivity index (χ0) is 15.0. The van der Waals surface area contributed by atoms with E-state index in [1.165, 1.54) is 4.68 Å². The second-order valence-electron chi connectivity index (χ2n) is 5.32. The van der Waals surface area contributed by atoms with E-state index in [0.29, 0.717) is 18.2 Å². The van der Waals surface area contributed by atoms with Crippen LogP contribution in [0.2, 0.25) is 5.02 Å². The largest absolute Gasteiger partial charge is 0.396 e. The van der Waals surface area contributed by atoms with Gasteiger partial charge >= 0.3 is 0 Å². The molecular formula is C14H24ClN3O2. The third-order valence-electron chi connectivity index (χ3n) is 2.92. The van der Waals surface area contributed by atoms with Crippen molar-refractivity contribution in [1.82, 2.24) is 9.78 Å². The summed E-state index contributed by atoms with van der Waals surface area (Å²) in [5.74, 6) is 0.349. The van der Waals surface area contributed by atoms with E-state index in [0.717, 1.165) is 32.2 Å². The van der Waals surface area contributed by atoms with Gasteiger partial charge in [0, 0.05) is 19.7 Å². The van der Waals surface area contributed by atoms with Crippen LogP contribution in [0, 0.1) is 5.92 Å². The molecule has 20 heavy (non-hydrogen) atoms. The molecule has 0 spiro atoms. The van der Waals surface area contributed by atoms with Gasteiger partial charge in [-0.1, -0.05) is 38.3 Å². The van der Waals surface area contributed by atoms with Crippen molar-refractivity contribution in [3.05, 3.63) is 21.6 Å². The van der Waals surface area contributed by atoms with Crippen LogP contribution in [0.4, 0.5) is 5.69 Å². The molecule has 1 aromatic rings. The van der Waals surface area contributed by atoms with E-state index in [1.807, 2.05) is 13.8 Å². The fraction of sp³-hybridized carbons (Fsp3) is 0.714. The van der Waals surface area contributed by atoms with Crippen molar-refractivity contribution in [2.45, 2.75) is 46.1 Å². The molecule has 0 amide bonds. The zero-order valence-corrected chi connectivity index (χ0v) is 13.0. The number of anilines is 1. The molecule has 1 heterocycles. The van der Waals surface area contributed by atoms with Crippen LogP contribution in [-0.2, 0) is 6.54 Å². The van der Waals surface area contributed by atoms with E-state index in [9.17, 15) is 4.79 Å². The van der Waals surface area contributed by atoms with Crippen LogP contribution in [-0.4, -0.2) is 28.0 Å². The van der Waals surface area contributed by atoms with Gasteiger partial charge < -0.3 is 10.4 Å². The summed E-state index contributed by atoms with van der Waals surface area (Å²) in [7, 11) is 0. The smallest absolute Gasteiger partial charge is 0.287 e. The van der Waals surface area contributed by atoms with Gasteiger partial charge in [-0.15, -0.1) is 0 Å². The standard InChI is InChI=1S/C14H24ClN3O2/c1-11(2)10-18-14(20)13(15)12(9-17-18)16-7-5-3-4-6-8-19/h9,11,16,19H,3-8,10H2,1-2H3. The lowest BCUT2D eigenvalue weighted by molar-refractivity contribution is 0.283. The number of nitrogens with zero attached hydrogens (tertiary/aromatic N) is 2. The first kappa shape index (κ1) is 17.0. The molecule has 0 atom stereocenters. The number of aliphatic hydroxyl groups excluding tert-OH is 1. The molecule has 0 radical (unpaired) electrons. The van der Waals surface area contributed by atoms with Crippen LogP contribution in [0.15, 0.2) is 11.0 Å². The maximum absolute atomic E-state index is 12.0. The first-order valence-corrected chi connectivity index (χ1v) is 7.54. The summed E-state index contributed by atoms with van der Waals surface area (Å²) in [6, 6.07) is 0. The highest BCUT2D eigenvalue weighted by Gasteiger charge is 2.09. The minimum atomic E-state index is -0.245. The molecule has 1 rings (SSSR count). The molecule has 0 aliphatic rings. The van der Waals surface area contributed by atoms with Crippen molar-refractivity contribution in [2.75, 3.05) is 18.5 Å². The highest BCUT2D eigenvalue weighted by molar-refractivity contribution is 6.32. The van der Waals surface area contributed by atoms with Gasteiger partial charge in [0.1, 0.15) is 5.02 Å². The van der Waals surface area contributed by atoms with Crippen LogP contribution in [0.5, 0.6) is 0 Å². The Morgan fingerprint density at radius 3 is 2.70 bits per heavy atom. The van der Waals surface area contributed by atoms with Crippen molar-refractivity contribution >= 4 is 17.3 Å². The summed E-state index contributed by atoms with van der Waals surface area (Å²) >= 11 is 6.08. The van der Waals surface area contributed by atoms with Crippen molar-refractivity contribution in [1.29, 1.82) is 0 Å². The maximum atomic E-state index is 12.0. The second kappa shape index (κ2) is 8.97. The summed E-state index contributed by atoms with van der Waals surface area (Å²) in [6.07, 6.45) is 5.49. The number of aromatic nitrogens is 2. The van der Waals surface area contributed by atoms with Crippen molar-refractivity contribution < 1.29 is 5.11 Å². The first-order valence-electron chi connectivity index (χ1n) is 7.16. The molecule has 6 heteroatoms. The normalized spacial score (nSPS) is 11.1. The number of rotatable bonds is 9. The predicted molar refractivity (Wildman–Crippen MR) is 82.4 cm³/mol. The Balaban J connectivity index is 2.51. The maximum Gasteiger partial charge on any atom is 0.287 e. The van der Waals surface area contributed by atoms with Crippen LogP contribution in [0.25, 0.3) is 0 Å².